The van der Waals surface area contributed by atoms with Crippen LogP contribution in [0.4, 0.5) is 4.79 Å². The van der Waals surface area contributed by atoms with Gasteiger partial charge in [0.25, 0.3) is 11.7 Å². The third kappa shape index (κ3) is 14.6. The third-order valence-electron chi connectivity index (χ3n) is 9.46. The van der Waals surface area contributed by atoms with E-state index in [9.17, 15) is 38.4 Å². The van der Waals surface area contributed by atoms with Crippen LogP contribution in [0.2, 0.25) is 0 Å². The zero-order valence-corrected chi connectivity index (χ0v) is 36.5. The predicted molar refractivity (Wildman–Crippen MR) is 213 cm³/mol. The molecule has 2 aliphatic rings. The second-order valence-electron chi connectivity index (χ2n) is 15.8. The number of aryl methyl sites for hydroxylation is 2. The lowest BCUT2D eigenvalue weighted by molar-refractivity contribution is -0.327. The summed E-state index contributed by atoms with van der Waals surface area (Å²) in [6.07, 6.45) is -7.72. The maximum absolute atomic E-state index is 14.1. The van der Waals surface area contributed by atoms with Crippen LogP contribution in [0.25, 0.3) is 10.4 Å². The minimum atomic E-state index is -2.54. The maximum atomic E-state index is 14.1. The lowest BCUT2D eigenvalue weighted by Crippen LogP contribution is -2.70. The topological polar surface area (TPSA) is 295 Å². The lowest BCUT2D eigenvalue weighted by Gasteiger charge is -2.50. The van der Waals surface area contributed by atoms with Crippen LogP contribution in [0.3, 0.4) is 0 Å². The molecule has 0 spiro atoms. The molecule has 2 fully saturated rings. The number of hydrogen-bond acceptors (Lipinski definition) is 17. The van der Waals surface area contributed by atoms with Gasteiger partial charge >= 0.3 is 35.9 Å². The Kier molecular flexibility index (Phi) is 18.0. The Balaban J connectivity index is 2.22. The van der Waals surface area contributed by atoms with Crippen molar-refractivity contribution in [3.05, 3.63) is 39.3 Å². The number of benzene rings is 1. The summed E-state index contributed by atoms with van der Waals surface area (Å²) in [4.78, 5) is 107. The van der Waals surface area contributed by atoms with E-state index in [-0.39, 0.29) is 17.7 Å². The Morgan fingerprint density at radius 2 is 1.53 bits per heavy atom. The molecule has 1 aromatic rings. The number of nitrogens with one attached hydrogen (secondary N) is 3. The molecule has 0 aromatic heterocycles. The number of carbonyl (C=O) groups excluding carboxylic acids is 8. The fraction of sp³-hybridized carbons (Fsp3) is 0.650. The van der Waals surface area contributed by atoms with Gasteiger partial charge in [0.05, 0.1) is 38.3 Å². The second kappa shape index (κ2) is 22.2. The first-order valence-corrected chi connectivity index (χ1v) is 19.8. The molecule has 1 saturated heterocycles. The van der Waals surface area contributed by atoms with E-state index in [4.69, 9.17) is 43.4 Å². The van der Waals surface area contributed by atoms with Crippen molar-refractivity contribution in [1.29, 1.82) is 0 Å². The van der Waals surface area contributed by atoms with E-state index >= 15 is 0 Å². The van der Waals surface area contributed by atoms with Crippen LogP contribution in [0.5, 0.6) is 5.75 Å². The Hall–Kier alpha value is -5.99. The van der Waals surface area contributed by atoms with Crippen molar-refractivity contribution < 1.29 is 76.3 Å². The number of esters is 5. The number of methoxy groups -OCH3 is 1. The van der Waals surface area contributed by atoms with Crippen molar-refractivity contribution in [1.82, 2.24) is 16.0 Å². The molecule has 1 heterocycles. The second-order valence-corrected chi connectivity index (χ2v) is 15.8. The largest absolute Gasteiger partial charge is 0.465 e. The molecule has 3 N–H and O–H groups in total. The Morgan fingerprint density at radius 3 is 2.08 bits per heavy atom. The maximum Gasteiger partial charge on any atom is 0.408 e. The zero-order chi connectivity index (χ0) is 46.5. The summed E-state index contributed by atoms with van der Waals surface area (Å²) in [7, 11) is 1.03. The molecule has 1 saturated carbocycles. The van der Waals surface area contributed by atoms with E-state index in [2.05, 4.69) is 26.0 Å². The number of rotatable bonds is 16. The molecule has 3 amide bonds. The van der Waals surface area contributed by atoms with Crippen LogP contribution in [0.15, 0.2) is 17.2 Å². The Morgan fingerprint density at radius 1 is 0.903 bits per heavy atom. The van der Waals surface area contributed by atoms with Gasteiger partial charge in [0.1, 0.15) is 30.1 Å². The van der Waals surface area contributed by atoms with Crippen LogP contribution in [-0.2, 0) is 61.9 Å². The molecule has 1 aliphatic heterocycles. The van der Waals surface area contributed by atoms with Gasteiger partial charge in [-0.1, -0.05) is 18.0 Å². The number of carbonyl (C=O) groups is 8. The highest BCUT2D eigenvalue weighted by Gasteiger charge is 2.60. The lowest BCUT2D eigenvalue weighted by atomic mass is 9.87. The molecular formula is C40H56N6O16. The van der Waals surface area contributed by atoms with Gasteiger partial charge in [-0.3, -0.25) is 28.8 Å². The van der Waals surface area contributed by atoms with Gasteiger partial charge in [-0.05, 0) is 76.3 Å². The van der Waals surface area contributed by atoms with Gasteiger partial charge in [0.15, 0.2) is 12.2 Å². The summed E-state index contributed by atoms with van der Waals surface area (Å²) in [5.41, 5.74) is 8.70. The average molecular weight is 877 g/mol. The van der Waals surface area contributed by atoms with Crippen molar-refractivity contribution in [2.75, 3.05) is 20.2 Å². The molecule has 1 aliphatic carbocycles. The minimum Gasteiger partial charge on any atom is -0.465 e. The fourth-order valence-electron chi connectivity index (χ4n) is 7.24. The van der Waals surface area contributed by atoms with Crippen LogP contribution in [-0.4, -0.2) is 122 Å². The van der Waals surface area contributed by atoms with Crippen molar-refractivity contribution in [2.45, 2.75) is 148 Å². The highest BCUT2D eigenvalue weighted by Crippen LogP contribution is 2.40. The first-order chi connectivity index (χ1) is 29.0. The van der Waals surface area contributed by atoms with Crippen molar-refractivity contribution in [3.8, 4) is 5.75 Å². The van der Waals surface area contributed by atoms with Crippen molar-refractivity contribution in [3.63, 3.8) is 0 Å². The van der Waals surface area contributed by atoms with E-state index in [0.717, 1.165) is 27.9 Å². The van der Waals surface area contributed by atoms with E-state index in [1.54, 1.807) is 34.6 Å². The number of amides is 3. The van der Waals surface area contributed by atoms with Gasteiger partial charge in [0.2, 0.25) is 5.91 Å². The van der Waals surface area contributed by atoms with E-state index in [1.807, 2.05) is 0 Å². The van der Waals surface area contributed by atoms with Crippen LogP contribution >= 0.6 is 0 Å². The number of ether oxygens (including phenoxy) is 8. The highest BCUT2D eigenvalue weighted by atomic mass is 16.7. The van der Waals surface area contributed by atoms with Crippen LogP contribution < -0.4 is 20.7 Å². The van der Waals surface area contributed by atoms with E-state index in [1.165, 1.54) is 19.1 Å². The molecule has 0 bridgehead atoms. The first-order valence-electron chi connectivity index (χ1n) is 19.8. The SMILES string of the molecule is COC(=O)[C@@]1(O[C@H]2CCCC[C@H]2NC(=O)CN=[N+]=[N-])C[C@H](OC(C)=O)[C@@H](NC(=O)OC(C)(C)C)[C@H]([C@H](OC(C)=O)[C@@H](CNC(=O)c2cc(C)c(OC(C)=O)c(C)c2)OC(C)=O)O1. The summed E-state index contributed by atoms with van der Waals surface area (Å²) < 4.78 is 46.2. The molecule has 22 nitrogen and oxygen atoms in total. The highest BCUT2D eigenvalue weighted by molar-refractivity contribution is 5.95. The molecular weight excluding hydrogens is 820 g/mol. The summed E-state index contributed by atoms with van der Waals surface area (Å²) in [6.45, 7) is 11.3. The van der Waals surface area contributed by atoms with E-state index in [0.29, 0.717) is 30.4 Å². The molecule has 22 heteroatoms. The predicted octanol–water partition coefficient (Wildman–Crippen LogP) is 3.06. The van der Waals surface area contributed by atoms with Gasteiger partial charge in [0, 0.05) is 38.2 Å². The van der Waals surface area contributed by atoms with Gasteiger partial charge < -0.3 is 53.8 Å². The molecule has 0 unspecified atom stereocenters. The summed E-state index contributed by atoms with van der Waals surface area (Å²) in [5.74, 6) is -8.12. The summed E-state index contributed by atoms with van der Waals surface area (Å²) in [5, 5.41) is 11.3. The minimum absolute atomic E-state index is 0.112. The first kappa shape index (κ1) is 50.4. The van der Waals surface area contributed by atoms with Crippen molar-refractivity contribution >= 4 is 47.8 Å². The quantitative estimate of drug-likeness (QED) is 0.0537. The Labute approximate surface area is 358 Å². The molecule has 62 heavy (non-hydrogen) atoms. The van der Waals surface area contributed by atoms with Gasteiger partial charge in [-0.25, -0.2) is 9.59 Å². The Bertz CT molecular complexity index is 1890. The molecule has 342 valence electrons. The number of alkyl carbamates (subject to hydrolysis) is 1. The standard InChI is InChI=1S/C40H56N6O16/c1-20-15-26(16-21(2)33(20)58-24(5)49)36(52)42-18-30(57-23(4)48)34(59-25(6)50)35-32(45-38(54)62-39(7,8)9)29(56-22(3)47)17-40(61-35,37(53)55-10)60-28-14-12-11-13-27(28)44-31(51)19-43-46-41/h15-16,27-30,32,34-35H,11-14,17-19H2,1-10H3,(H,42,52)(H,44,51)(H,45,54)/t27-,28+,29+,30-,32-,34-,35-,40-/m1/s1. The average Bonchev–Trinajstić information content (AvgIpc) is 3.16. The molecule has 0 radical (unpaired) electrons. The van der Waals surface area contributed by atoms with Gasteiger partial charge in [-0.2, -0.15) is 0 Å². The van der Waals surface area contributed by atoms with E-state index < -0.39 is 121 Å². The fourth-order valence-corrected chi connectivity index (χ4v) is 7.24. The monoisotopic (exact) mass is 876 g/mol. The number of nitrogens with zero attached hydrogens (tertiary/aromatic N) is 3. The number of hydrogen-bond donors (Lipinski definition) is 3. The van der Waals surface area contributed by atoms with Crippen molar-refractivity contribution in [2.24, 2.45) is 5.11 Å². The zero-order valence-electron chi connectivity index (χ0n) is 36.5. The molecule has 8 atom stereocenters. The van der Waals surface area contributed by atoms with Crippen LogP contribution in [0, 0.1) is 13.8 Å². The molecule has 3 rings (SSSR count). The van der Waals surface area contributed by atoms with Crippen LogP contribution in [0.1, 0.15) is 102 Å². The summed E-state index contributed by atoms with van der Waals surface area (Å²) in [6, 6.07) is 0.596. The van der Waals surface area contributed by atoms with Gasteiger partial charge in [-0.15, -0.1) is 0 Å². The normalized spacial score (nSPS) is 23.1. The third-order valence-corrected chi connectivity index (χ3v) is 9.46. The smallest absolute Gasteiger partial charge is 0.408 e. The molecule has 1 aromatic carbocycles. The number of azide groups is 1. The summed E-state index contributed by atoms with van der Waals surface area (Å²) >= 11 is 0.